The summed E-state index contributed by atoms with van der Waals surface area (Å²) in [6.07, 6.45) is 1.96. The normalized spacial score (nSPS) is 19.9. The van der Waals surface area contributed by atoms with E-state index in [1.165, 1.54) is 18.4 Å². The summed E-state index contributed by atoms with van der Waals surface area (Å²) in [5.41, 5.74) is 2.21. The molecule has 1 aromatic rings. The highest BCUT2D eigenvalue weighted by Crippen LogP contribution is 2.15. The van der Waals surface area contributed by atoms with E-state index >= 15 is 0 Å². The van der Waals surface area contributed by atoms with E-state index in [0.29, 0.717) is 12.6 Å². The van der Waals surface area contributed by atoms with Crippen LogP contribution in [0.4, 0.5) is 0 Å². The lowest BCUT2D eigenvalue weighted by atomic mass is 10.0. The van der Waals surface area contributed by atoms with E-state index < -0.39 is 6.10 Å². The molecule has 1 unspecified atom stereocenters. The molecule has 0 bridgehead atoms. The summed E-state index contributed by atoms with van der Waals surface area (Å²) in [5.74, 6) is 0. The van der Waals surface area contributed by atoms with Gasteiger partial charge in [-0.25, -0.2) is 0 Å². The second-order valence-electron chi connectivity index (χ2n) is 5.42. The van der Waals surface area contributed by atoms with Crippen LogP contribution in [0.5, 0.6) is 0 Å². The van der Waals surface area contributed by atoms with E-state index in [2.05, 4.69) is 36.3 Å². The van der Waals surface area contributed by atoms with Gasteiger partial charge in [0.15, 0.2) is 0 Å². The average Bonchev–Trinajstić information content (AvgIpc) is 2.38. The summed E-state index contributed by atoms with van der Waals surface area (Å²) in [6.45, 7) is 5.01. The highest BCUT2D eigenvalue weighted by Gasteiger charge is 2.17. The molecular weight excluding hydrogens is 224 g/mol. The number of piperidine rings is 1. The molecule has 0 aromatic heterocycles. The molecule has 0 radical (unpaired) electrons. The minimum absolute atomic E-state index is 0.399. The van der Waals surface area contributed by atoms with Crippen LogP contribution in [0.25, 0.3) is 0 Å². The number of hydrogen-bond donors (Lipinski definition) is 2. The molecule has 1 aliphatic heterocycles. The third kappa shape index (κ3) is 3.80. The first-order chi connectivity index (χ1) is 8.65. The SMILES string of the molecule is Cc1cccc(C(O)CNC2CCN(C)CC2)c1. The van der Waals surface area contributed by atoms with Crippen LogP contribution >= 0.6 is 0 Å². The number of hydrogen-bond acceptors (Lipinski definition) is 3. The van der Waals surface area contributed by atoms with Crippen molar-refractivity contribution in [1.82, 2.24) is 10.2 Å². The van der Waals surface area contributed by atoms with Crippen LogP contribution in [0, 0.1) is 6.92 Å². The predicted molar refractivity (Wildman–Crippen MR) is 74.7 cm³/mol. The molecule has 1 aliphatic rings. The molecule has 3 nitrogen and oxygen atoms in total. The molecule has 2 N–H and O–H groups in total. The van der Waals surface area contributed by atoms with Crippen molar-refractivity contribution in [3.8, 4) is 0 Å². The second-order valence-corrected chi connectivity index (χ2v) is 5.42. The van der Waals surface area contributed by atoms with E-state index in [9.17, 15) is 5.11 Å². The molecule has 1 aromatic carbocycles. The molecule has 0 spiro atoms. The van der Waals surface area contributed by atoms with Gasteiger partial charge in [-0.05, 0) is 45.5 Å². The summed E-state index contributed by atoms with van der Waals surface area (Å²) in [7, 11) is 2.16. The Kier molecular flexibility index (Phi) is 4.75. The highest BCUT2D eigenvalue weighted by molar-refractivity contribution is 5.24. The van der Waals surface area contributed by atoms with Crippen LogP contribution in [0.1, 0.15) is 30.1 Å². The zero-order chi connectivity index (χ0) is 13.0. The van der Waals surface area contributed by atoms with Crippen molar-refractivity contribution in [3.05, 3.63) is 35.4 Å². The minimum atomic E-state index is -0.399. The van der Waals surface area contributed by atoms with Crippen LogP contribution in [0.2, 0.25) is 0 Å². The Bertz CT molecular complexity index is 373. The van der Waals surface area contributed by atoms with E-state index in [1.54, 1.807) is 0 Å². The number of benzene rings is 1. The lowest BCUT2D eigenvalue weighted by molar-refractivity contribution is 0.157. The van der Waals surface area contributed by atoms with Crippen molar-refractivity contribution >= 4 is 0 Å². The number of nitrogens with one attached hydrogen (secondary N) is 1. The third-order valence-corrected chi connectivity index (χ3v) is 3.75. The fourth-order valence-corrected chi connectivity index (χ4v) is 2.49. The summed E-state index contributed by atoms with van der Waals surface area (Å²) < 4.78 is 0. The number of likely N-dealkylation sites (tertiary alicyclic amines) is 1. The quantitative estimate of drug-likeness (QED) is 0.851. The monoisotopic (exact) mass is 248 g/mol. The Morgan fingerprint density at radius 1 is 1.39 bits per heavy atom. The maximum atomic E-state index is 10.2. The minimum Gasteiger partial charge on any atom is -0.387 e. The molecular formula is C15H24N2O. The van der Waals surface area contributed by atoms with Crippen LogP contribution in [-0.2, 0) is 0 Å². The first-order valence-electron chi connectivity index (χ1n) is 6.81. The van der Waals surface area contributed by atoms with Gasteiger partial charge in [-0.3, -0.25) is 0 Å². The molecule has 0 amide bonds. The first kappa shape index (κ1) is 13.5. The van der Waals surface area contributed by atoms with Gasteiger partial charge in [-0.2, -0.15) is 0 Å². The van der Waals surface area contributed by atoms with E-state index in [0.717, 1.165) is 18.7 Å². The summed E-state index contributed by atoms with van der Waals surface area (Å²) in [5, 5.41) is 13.6. The number of aliphatic hydroxyl groups is 1. The van der Waals surface area contributed by atoms with Gasteiger partial charge in [0.05, 0.1) is 6.10 Å². The molecule has 100 valence electrons. The molecule has 0 saturated carbocycles. The first-order valence-corrected chi connectivity index (χ1v) is 6.81. The Hall–Kier alpha value is -0.900. The van der Waals surface area contributed by atoms with Gasteiger partial charge < -0.3 is 15.3 Å². The third-order valence-electron chi connectivity index (χ3n) is 3.75. The van der Waals surface area contributed by atoms with Gasteiger partial charge in [0.25, 0.3) is 0 Å². The van der Waals surface area contributed by atoms with E-state index in [1.807, 2.05) is 12.1 Å². The van der Waals surface area contributed by atoms with Gasteiger partial charge >= 0.3 is 0 Å². The van der Waals surface area contributed by atoms with Gasteiger partial charge in [-0.15, -0.1) is 0 Å². The maximum Gasteiger partial charge on any atom is 0.0914 e. The van der Waals surface area contributed by atoms with Gasteiger partial charge in [-0.1, -0.05) is 29.8 Å². The van der Waals surface area contributed by atoms with Crippen molar-refractivity contribution in [1.29, 1.82) is 0 Å². The van der Waals surface area contributed by atoms with Crippen molar-refractivity contribution in [2.45, 2.75) is 31.9 Å². The predicted octanol–water partition coefficient (Wildman–Crippen LogP) is 1.71. The molecule has 0 aliphatic carbocycles. The van der Waals surface area contributed by atoms with Crippen LogP contribution in [0.15, 0.2) is 24.3 Å². The number of rotatable bonds is 4. The summed E-state index contributed by atoms with van der Waals surface area (Å²) >= 11 is 0. The smallest absolute Gasteiger partial charge is 0.0914 e. The van der Waals surface area contributed by atoms with Crippen LogP contribution in [-0.4, -0.2) is 42.7 Å². The summed E-state index contributed by atoms with van der Waals surface area (Å²) in [6, 6.07) is 8.67. The van der Waals surface area contributed by atoms with E-state index in [-0.39, 0.29) is 0 Å². The Morgan fingerprint density at radius 2 is 2.11 bits per heavy atom. The molecule has 1 atom stereocenters. The number of aryl methyl sites for hydroxylation is 1. The maximum absolute atomic E-state index is 10.2. The highest BCUT2D eigenvalue weighted by atomic mass is 16.3. The number of nitrogens with zero attached hydrogens (tertiary/aromatic N) is 1. The Labute approximate surface area is 110 Å². The molecule has 1 saturated heterocycles. The second kappa shape index (κ2) is 6.32. The Morgan fingerprint density at radius 3 is 2.78 bits per heavy atom. The zero-order valence-electron chi connectivity index (χ0n) is 11.4. The van der Waals surface area contributed by atoms with Crippen molar-refractivity contribution < 1.29 is 5.11 Å². The van der Waals surface area contributed by atoms with E-state index in [4.69, 9.17) is 0 Å². The number of aliphatic hydroxyl groups excluding tert-OH is 1. The Balaban J connectivity index is 1.79. The van der Waals surface area contributed by atoms with Crippen molar-refractivity contribution in [3.63, 3.8) is 0 Å². The molecule has 3 heteroatoms. The van der Waals surface area contributed by atoms with Gasteiger partial charge in [0.2, 0.25) is 0 Å². The average molecular weight is 248 g/mol. The lowest BCUT2D eigenvalue weighted by Gasteiger charge is -2.30. The molecule has 1 fully saturated rings. The molecule has 2 rings (SSSR count). The standard InChI is InChI=1S/C15H24N2O/c1-12-4-3-5-13(10-12)15(18)11-16-14-6-8-17(2)9-7-14/h3-5,10,14-16,18H,6-9,11H2,1-2H3. The lowest BCUT2D eigenvalue weighted by Crippen LogP contribution is -2.42. The van der Waals surface area contributed by atoms with Gasteiger partial charge in [0, 0.05) is 12.6 Å². The zero-order valence-corrected chi connectivity index (χ0v) is 11.4. The summed E-state index contributed by atoms with van der Waals surface area (Å²) in [4.78, 5) is 2.36. The molecule has 1 heterocycles. The fraction of sp³-hybridized carbons (Fsp3) is 0.600. The topological polar surface area (TPSA) is 35.5 Å². The van der Waals surface area contributed by atoms with Crippen molar-refractivity contribution in [2.75, 3.05) is 26.7 Å². The fourth-order valence-electron chi connectivity index (χ4n) is 2.49. The van der Waals surface area contributed by atoms with Crippen LogP contribution < -0.4 is 5.32 Å². The van der Waals surface area contributed by atoms with Crippen molar-refractivity contribution in [2.24, 2.45) is 0 Å². The molecule has 18 heavy (non-hydrogen) atoms. The largest absolute Gasteiger partial charge is 0.387 e. The van der Waals surface area contributed by atoms with Gasteiger partial charge in [0.1, 0.15) is 0 Å². The van der Waals surface area contributed by atoms with Crippen LogP contribution in [0.3, 0.4) is 0 Å².